The number of carboxylic acids is 1. The molecule has 0 spiro atoms. The molecule has 0 radical (unpaired) electrons. The van der Waals surface area contributed by atoms with Gasteiger partial charge in [0.15, 0.2) is 0 Å². The first kappa shape index (κ1) is 38.9. The maximum atomic E-state index is 12.8. The molecule has 43 heavy (non-hydrogen) atoms. The number of aliphatic carboxylic acids is 1. The summed E-state index contributed by atoms with van der Waals surface area (Å²) in [6.07, 6.45) is -0.397. The Morgan fingerprint density at radius 2 is 1.09 bits per heavy atom. The van der Waals surface area contributed by atoms with Crippen LogP contribution in [0.25, 0.3) is 0 Å². The van der Waals surface area contributed by atoms with Crippen molar-refractivity contribution in [1.29, 1.82) is 0 Å². The number of hydrogen-bond donors (Lipinski definition) is 8. The Morgan fingerprint density at radius 1 is 0.651 bits per heavy atom. The van der Waals surface area contributed by atoms with Gasteiger partial charge in [0.25, 0.3) is 0 Å². The van der Waals surface area contributed by atoms with Crippen molar-refractivity contribution in [2.45, 2.75) is 90.5 Å². The van der Waals surface area contributed by atoms with Crippen LogP contribution in [0.4, 0.5) is 9.59 Å². The van der Waals surface area contributed by atoms with Crippen molar-refractivity contribution in [3.8, 4) is 0 Å². The molecular formula is C26H47N7O10. The Bertz CT molecular complexity index is 976. The molecule has 0 saturated heterocycles. The topological polar surface area (TPSA) is 256 Å². The van der Waals surface area contributed by atoms with E-state index in [-0.39, 0.29) is 32.4 Å². The first-order valence-corrected chi connectivity index (χ1v) is 13.8. The first-order valence-electron chi connectivity index (χ1n) is 13.8. The lowest BCUT2D eigenvalue weighted by Gasteiger charge is -2.22. The number of nitrogens with two attached hydrogens (primary N) is 1. The van der Waals surface area contributed by atoms with Crippen LogP contribution in [0.2, 0.25) is 0 Å². The maximum Gasteiger partial charge on any atom is 0.407 e. The Labute approximate surface area is 251 Å². The molecule has 0 aliphatic heterocycles. The highest BCUT2D eigenvalue weighted by Gasteiger charge is 2.24. The number of carbonyl (C=O) groups excluding carboxylic acids is 6. The number of carboxylic acid groups (broad SMARTS) is 1. The highest BCUT2D eigenvalue weighted by molar-refractivity contribution is 5.92. The predicted molar refractivity (Wildman–Crippen MR) is 154 cm³/mol. The highest BCUT2D eigenvalue weighted by Crippen LogP contribution is 2.08. The number of alkyl carbamates (subject to hydrolysis) is 2. The molecule has 0 aromatic heterocycles. The largest absolute Gasteiger partial charge is 0.480 e. The molecule has 9 N–H and O–H groups in total. The maximum absolute atomic E-state index is 12.8. The standard InChI is InChI=1S/C26H47N7O10/c1-25(2,3)42-23(40)28-11-7-9-16(27)21(38)33-17(10-8-12-29-24(41)43-26(4,5)6)22(39)32-14-19(35)30-13-18(34)31-15-20(36)37/h16-17H,7-15,27H2,1-6H3,(H,28,40)(H,29,41)(H,30,35)(H,31,34)(H,32,39)(H,33,38)(H,36,37)/t16-,17-/m1/s1. The van der Waals surface area contributed by atoms with Crippen LogP contribution >= 0.6 is 0 Å². The number of hydrogen-bond acceptors (Lipinski definition) is 10. The molecule has 0 aliphatic carbocycles. The molecular weight excluding hydrogens is 570 g/mol. The third-order valence-electron chi connectivity index (χ3n) is 4.97. The molecule has 0 bridgehead atoms. The van der Waals surface area contributed by atoms with E-state index in [1.807, 2.05) is 0 Å². The van der Waals surface area contributed by atoms with Gasteiger partial charge in [0, 0.05) is 13.1 Å². The van der Waals surface area contributed by atoms with Crippen LogP contribution in [0.15, 0.2) is 0 Å². The summed E-state index contributed by atoms with van der Waals surface area (Å²) in [4.78, 5) is 83.2. The molecule has 2 atom stereocenters. The Morgan fingerprint density at radius 3 is 1.56 bits per heavy atom. The summed E-state index contributed by atoms with van der Waals surface area (Å²) in [6.45, 7) is 8.98. The van der Waals surface area contributed by atoms with Gasteiger partial charge in [0.2, 0.25) is 23.6 Å². The van der Waals surface area contributed by atoms with E-state index in [0.29, 0.717) is 6.42 Å². The second kappa shape index (κ2) is 19.1. The van der Waals surface area contributed by atoms with Gasteiger partial charge in [-0.1, -0.05) is 0 Å². The van der Waals surface area contributed by atoms with Crippen molar-refractivity contribution in [3.05, 3.63) is 0 Å². The molecule has 17 nitrogen and oxygen atoms in total. The van der Waals surface area contributed by atoms with E-state index in [1.165, 1.54) is 0 Å². The summed E-state index contributed by atoms with van der Waals surface area (Å²) in [5, 5.41) is 22.9. The molecule has 0 aromatic rings. The molecule has 0 saturated carbocycles. The van der Waals surface area contributed by atoms with Crippen molar-refractivity contribution in [1.82, 2.24) is 31.9 Å². The number of ether oxygens (including phenoxy) is 2. The van der Waals surface area contributed by atoms with Gasteiger partial charge in [-0.2, -0.15) is 0 Å². The lowest BCUT2D eigenvalue weighted by molar-refractivity contribution is -0.137. The molecule has 0 heterocycles. The van der Waals surface area contributed by atoms with Crippen molar-refractivity contribution < 1.29 is 48.1 Å². The monoisotopic (exact) mass is 617 g/mol. The molecule has 0 rings (SSSR count). The highest BCUT2D eigenvalue weighted by atomic mass is 16.6. The van der Waals surface area contributed by atoms with Crippen LogP contribution in [0.1, 0.15) is 67.2 Å². The zero-order chi connectivity index (χ0) is 33.2. The van der Waals surface area contributed by atoms with E-state index in [4.69, 9.17) is 20.3 Å². The van der Waals surface area contributed by atoms with Gasteiger partial charge in [-0.05, 0) is 67.2 Å². The Kier molecular flexibility index (Phi) is 17.3. The average Bonchev–Trinajstić information content (AvgIpc) is 2.86. The van der Waals surface area contributed by atoms with Gasteiger partial charge in [-0.15, -0.1) is 0 Å². The molecule has 17 heteroatoms. The van der Waals surface area contributed by atoms with Gasteiger partial charge in [0.1, 0.15) is 23.8 Å². The third-order valence-corrected chi connectivity index (χ3v) is 4.97. The Balaban J connectivity index is 4.94. The van der Waals surface area contributed by atoms with Crippen LogP contribution in [0.5, 0.6) is 0 Å². The second-order valence-corrected chi connectivity index (χ2v) is 11.5. The summed E-state index contributed by atoms with van der Waals surface area (Å²) in [7, 11) is 0. The minimum Gasteiger partial charge on any atom is -0.480 e. The molecule has 0 fully saturated rings. The lowest BCUT2D eigenvalue weighted by atomic mass is 10.1. The van der Waals surface area contributed by atoms with Crippen LogP contribution in [-0.4, -0.2) is 103 Å². The van der Waals surface area contributed by atoms with E-state index in [9.17, 15) is 33.6 Å². The number of carbonyl (C=O) groups is 7. The summed E-state index contributed by atoms with van der Waals surface area (Å²) in [5.41, 5.74) is 4.62. The first-order chi connectivity index (χ1) is 19.8. The van der Waals surface area contributed by atoms with E-state index in [0.717, 1.165) is 0 Å². The fourth-order valence-corrected chi connectivity index (χ4v) is 3.08. The SMILES string of the molecule is CC(C)(C)OC(=O)NCCC[C@@H](N)C(=O)N[C@H](CCCNC(=O)OC(C)(C)C)C(=O)NCC(=O)NCC(=O)NCC(=O)O. The van der Waals surface area contributed by atoms with Gasteiger partial charge < -0.3 is 52.2 Å². The molecule has 0 aromatic carbocycles. The van der Waals surface area contributed by atoms with Crippen LogP contribution < -0.4 is 37.6 Å². The van der Waals surface area contributed by atoms with E-state index < -0.39 is 84.7 Å². The Hall–Kier alpha value is -4.15. The summed E-state index contributed by atoms with van der Waals surface area (Å²) < 4.78 is 10.3. The fraction of sp³-hybridized carbons (Fsp3) is 0.731. The molecule has 246 valence electrons. The minimum absolute atomic E-state index is 0.0690. The van der Waals surface area contributed by atoms with Gasteiger partial charge in [0.05, 0.1) is 19.1 Å². The predicted octanol–water partition coefficient (Wildman–Crippen LogP) is -1.16. The fourth-order valence-electron chi connectivity index (χ4n) is 3.08. The average molecular weight is 618 g/mol. The van der Waals surface area contributed by atoms with Gasteiger partial charge in [-0.3, -0.25) is 24.0 Å². The van der Waals surface area contributed by atoms with Gasteiger partial charge >= 0.3 is 18.2 Å². The zero-order valence-electron chi connectivity index (χ0n) is 25.7. The van der Waals surface area contributed by atoms with Crippen LogP contribution in [-0.2, 0) is 33.4 Å². The lowest BCUT2D eigenvalue weighted by Crippen LogP contribution is -2.53. The van der Waals surface area contributed by atoms with Gasteiger partial charge in [-0.25, -0.2) is 9.59 Å². The minimum atomic E-state index is -1.25. The van der Waals surface area contributed by atoms with Crippen molar-refractivity contribution >= 4 is 41.8 Å². The summed E-state index contributed by atoms with van der Waals surface area (Å²) in [5.74, 6) is -4.07. The number of nitrogens with one attached hydrogen (secondary N) is 6. The number of rotatable bonds is 17. The normalized spacial score (nSPS) is 12.5. The van der Waals surface area contributed by atoms with E-state index in [1.54, 1.807) is 41.5 Å². The van der Waals surface area contributed by atoms with Crippen molar-refractivity contribution in [3.63, 3.8) is 0 Å². The summed E-state index contributed by atoms with van der Waals surface area (Å²) >= 11 is 0. The van der Waals surface area contributed by atoms with E-state index in [2.05, 4.69) is 31.9 Å². The quantitative estimate of drug-likeness (QED) is 0.0903. The van der Waals surface area contributed by atoms with Crippen LogP contribution in [0.3, 0.4) is 0 Å². The van der Waals surface area contributed by atoms with Crippen molar-refractivity contribution in [2.24, 2.45) is 5.73 Å². The smallest absolute Gasteiger partial charge is 0.407 e. The number of amides is 6. The second-order valence-electron chi connectivity index (χ2n) is 11.5. The molecule has 0 unspecified atom stereocenters. The third kappa shape index (κ3) is 22.2. The molecule has 0 aliphatic rings. The summed E-state index contributed by atoms with van der Waals surface area (Å²) in [6, 6.07) is -2.13. The van der Waals surface area contributed by atoms with Crippen LogP contribution in [0, 0.1) is 0 Å². The van der Waals surface area contributed by atoms with E-state index >= 15 is 0 Å². The van der Waals surface area contributed by atoms with Crippen molar-refractivity contribution in [2.75, 3.05) is 32.7 Å². The molecule has 6 amide bonds. The zero-order valence-corrected chi connectivity index (χ0v) is 25.7.